The Bertz CT molecular complexity index is 1170. The quantitative estimate of drug-likeness (QED) is 0.631. The molecule has 2 aromatic heterocycles. The minimum absolute atomic E-state index is 0.0109. The average molecular weight is 446 g/mol. The molecule has 3 heterocycles. The molecule has 1 amide bonds. The number of alkyl halides is 3. The van der Waals surface area contributed by atoms with Crippen LogP contribution in [0.15, 0.2) is 30.3 Å². The van der Waals surface area contributed by atoms with Gasteiger partial charge < -0.3 is 15.0 Å². The Morgan fingerprint density at radius 2 is 1.97 bits per heavy atom. The van der Waals surface area contributed by atoms with Crippen LogP contribution in [0.4, 0.5) is 13.2 Å². The molecule has 1 aliphatic carbocycles. The fourth-order valence-electron chi connectivity index (χ4n) is 4.48. The van der Waals surface area contributed by atoms with E-state index in [-0.39, 0.29) is 23.3 Å². The van der Waals surface area contributed by atoms with Crippen LogP contribution in [0.2, 0.25) is 0 Å². The summed E-state index contributed by atoms with van der Waals surface area (Å²) in [5, 5.41) is 6.77. The Hall–Kier alpha value is -2.98. The second kappa shape index (κ2) is 8.18. The molecule has 0 atom stereocenters. The maximum atomic E-state index is 14.1. The first-order valence-electron chi connectivity index (χ1n) is 10.7. The van der Waals surface area contributed by atoms with Crippen LogP contribution in [0.25, 0.3) is 16.9 Å². The zero-order valence-corrected chi connectivity index (χ0v) is 17.3. The molecule has 7 nitrogen and oxygen atoms in total. The summed E-state index contributed by atoms with van der Waals surface area (Å²) in [5.41, 5.74) is 1.18. The van der Waals surface area contributed by atoms with Crippen molar-refractivity contribution in [2.45, 2.75) is 19.0 Å². The van der Waals surface area contributed by atoms with Crippen LogP contribution in [0.1, 0.15) is 27.3 Å². The molecule has 0 spiro atoms. The number of fused-ring (bicyclic) bond motifs is 4. The monoisotopic (exact) mass is 446 g/mol. The first-order valence-corrected chi connectivity index (χ1v) is 10.7. The number of carbonyl (C=O) groups is 1. The van der Waals surface area contributed by atoms with Gasteiger partial charge in [-0.15, -0.1) is 0 Å². The predicted octanol–water partition coefficient (Wildman–Crippen LogP) is 1.16. The summed E-state index contributed by atoms with van der Waals surface area (Å²) in [6.45, 7) is 4.25. The number of rotatable bonds is 4. The number of nitrogens with one attached hydrogen (secondary N) is 2. The second-order valence-corrected chi connectivity index (χ2v) is 8.11. The van der Waals surface area contributed by atoms with Gasteiger partial charge in [0.25, 0.3) is 5.91 Å². The molecule has 32 heavy (non-hydrogen) atoms. The van der Waals surface area contributed by atoms with Crippen LogP contribution in [-0.2, 0) is 23.8 Å². The summed E-state index contributed by atoms with van der Waals surface area (Å²) in [7, 11) is 0. The maximum Gasteiger partial charge on any atom is 0.433 e. The van der Waals surface area contributed by atoms with Crippen molar-refractivity contribution in [2.24, 2.45) is 0 Å². The standard InChI is InChI=1S/C22H22F3N5O2/c23-22(24,25)20-16-6-5-14-3-1-2-4-15(14)19(16)27-18-13-17(28-30(18)20)21(31)26-7-8-29-9-11-32-12-10-29/h1-4,13H,5-12H2,(H,26,31)/p+1. The fraction of sp³-hybridized carbons (Fsp3) is 0.409. The predicted molar refractivity (Wildman–Crippen MR) is 110 cm³/mol. The van der Waals surface area contributed by atoms with Crippen molar-refractivity contribution >= 4 is 11.6 Å². The van der Waals surface area contributed by atoms with Crippen LogP contribution < -0.4 is 10.2 Å². The van der Waals surface area contributed by atoms with Crippen molar-refractivity contribution in [3.63, 3.8) is 0 Å². The number of morpholine rings is 1. The average Bonchev–Trinajstić information content (AvgIpc) is 3.21. The summed E-state index contributed by atoms with van der Waals surface area (Å²) in [4.78, 5) is 18.4. The van der Waals surface area contributed by atoms with Gasteiger partial charge in [-0.2, -0.15) is 18.3 Å². The molecule has 1 aliphatic heterocycles. The molecular weight excluding hydrogens is 423 g/mol. The van der Waals surface area contributed by atoms with E-state index in [1.165, 1.54) is 11.0 Å². The number of aromatic nitrogens is 3. The topological polar surface area (TPSA) is 73.0 Å². The number of hydrogen-bond acceptors (Lipinski definition) is 4. The molecule has 1 fully saturated rings. The first kappa shape index (κ1) is 20.9. The van der Waals surface area contributed by atoms with Crippen molar-refractivity contribution in [1.82, 2.24) is 19.9 Å². The number of hydrogen-bond donors (Lipinski definition) is 2. The van der Waals surface area contributed by atoms with E-state index in [9.17, 15) is 18.0 Å². The van der Waals surface area contributed by atoms with Crippen LogP contribution in [-0.4, -0.2) is 59.9 Å². The third kappa shape index (κ3) is 3.84. The van der Waals surface area contributed by atoms with Gasteiger partial charge in [0.15, 0.2) is 17.0 Å². The molecule has 1 saturated heterocycles. The van der Waals surface area contributed by atoms with Crippen LogP contribution >= 0.6 is 0 Å². The summed E-state index contributed by atoms with van der Waals surface area (Å²) in [6.07, 6.45) is -3.91. The van der Waals surface area contributed by atoms with Gasteiger partial charge in [-0.3, -0.25) is 4.79 Å². The third-order valence-corrected chi connectivity index (χ3v) is 6.08. The van der Waals surface area contributed by atoms with Crippen LogP contribution in [0, 0.1) is 0 Å². The van der Waals surface area contributed by atoms with E-state index in [4.69, 9.17) is 4.74 Å². The molecule has 168 valence electrons. The van der Waals surface area contributed by atoms with Gasteiger partial charge in [-0.25, -0.2) is 9.50 Å². The van der Waals surface area contributed by atoms with Crippen molar-refractivity contribution in [3.05, 3.63) is 52.8 Å². The fourth-order valence-corrected chi connectivity index (χ4v) is 4.48. The molecule has 2 aliphatic rings. The molecule has 0 bridgehead atoms. The van der Waals surface area contributed by atoms with Crippen molar-refractivity contribution < 1.29 is 27.6 Å². The van der Waals surface area contributed by atoms with E-state index in [0.29, 0.717) is 37.4 Å². The van der Waals surface area contributed by atoms with Crippen LogP contribution in [0.3, 0.4) is 0 Å². The molecule has 3 aromatic rings. The first-order chi connectivity index (χ1) is 15.4. The Morgan fingerprint density at radius 1 is 1.19 bits per heavy atom. The Morgan fingerprint density at radius 3 is 2.75 bits per heavy atom. The Balaban J connectivity index is 1.47. The Labute approximate surface area is 182 Å². The van der Waals surface area contributed by atoms with Gasteiger partial charge in [-0.05, 0) is 18.4 Å². The van der Waals surface area contributed by atoms with E-state index < -0.39 is 17.8 Å². The van der Waals surface area contributed by atoms with Gasteiger partial charge in [0.1, 0.15) is 13.1 Å². The molecule has 10 heteroatoms. The highest BCUT2D eigenvalue weighted by atomic mass is 19.4. The number of benzene rings is 1. The zero-order valence-electron chi connectivity index (χ0n) is 17.3. The van der Waals surface area contributed by atoms with Gasteiger partial charge >= 0.3 is 6.18 Å². The Kier molecular flexibility index (Phi) is 5.34. The summed E-state index contributed by atoms with van der Waals surface area (Å²) in [5.74, 6) is -0.505. The smallest absolute Gasteiger partial charge is 0.370 e. The summed E-state index contributed by atoms with van der Waals surface area (Å²) in [6, 6.07) is 8.67. The molecule has 0 unspecified atom stereocenters. The van der Waals surface area contributed by atoms with E-state index in [2.05, 4.69) is 15.4 Å². The van der Waals surface area contributed by atoms with E-state index in [1.807, 2.05) is 12.1 Å². The number of halogens is 3. The van der Waals surface area contributed by atoms with Gasteiger partial charge in [0.05, 0.1) is 32.0 Å². The zero-order chi connectivity index (χ0) is 22.3. The van der Waals surface area contributed by atoms with E-state index in [0.717, 1.165) is 29.7 Å². The largest absolute Gasteiger partial charge is 0.433 e. The molecule has 1 aromatic carbocycles. The van der Waals surface area contributed by atoms with Crippen molar-refractivity contribution in [3.8, 4) is 11.3 Å². The molecular formula is C22H23F3N5O2+. The number of quaternary nitrogens is 1. The molecule has 2 N–H and O–H groups in total. The highest BCUT2D eigenvalue weighted by Gasteiger charge is 2.40. The number of ether oxygens (including phenoxy) is 1. The SMILES string of the molecule is O=C(NCC[NH+]1CCOCC1)c1cc2nc3c(c(C(F)(F)F)n2n1)CCc1ccccc1-3. The van der Waals surface area contributed by atoms with Gasteiger partial charge in [-0.1, -0.05) is 24.3 Å². The number of aryl methyl sites for hydroxylation is 1. The normalized spacial score (nSPS) is 16.6. The summed E-state index contributed by atoms with van der Waals surface area (Å²) < 4.78 is 48.4. The van der Waals surface area contributed by atoms with Gasteiger partial charge in [0.2, 0.25) is 0 Å². The minimum Gasteiger partial charge on any atom is -0.370 e. The molecule has 0 radical (unpaired) electrons. The highest BCUT2D eigenvalue weighted by Crippen LogP contribution is 2.40. The molecule has 0 saturated carbocycles. The highest BCUT2D eigenvalue weighted by molar-refractivity contribution is 5.93. The van der Waals surface area contributed by atoms with Crippen molar-refractivity contribution in [1.29, 1.82) is 0 Å². The van der Waals surface area contributed by atoms with E-state index >= 15 is 0 Å². The van der Waals surface area contributed by atoms with E-state index in [1.54, 1.807) is 12.1 Å². The second-order valence-electron chi connectivity index (χ2n) is 8.11. The maximum absolute atomic E-state index is 14.1. The lowest BCUT2D eigenvalue weighted by molar-refractivity contribution is -0.906. The lowest BCUT2D eigenvalue weighted by Crippen LogP contribution is -3.14. The minimum atomic E-state index is -4.63. The summed E-state index contributed by atoms with van der Waals surface area (Å²) >= 11 is 0. The number of carbonyl (C=O) groups excluding carboxylic acids is 1. The van der Waals surface area contributed by atoms with Crippen LogP contribution in [0.5, 0.6) is 0 Å². The van der Waals surface area contributed by atoms with Crippen molar-refractivity contribution in [2.75, 3.05) is 39.4 Å². The molecule has 5 rings (SSSR count). The third-order valence-electron chi connectivity index (χ3n) is 6.08. The lowest BCUT2D eigenvalue weighted by Gasteiger charge is -2.23. The lowest BCUT2D eigenvalue weighted by atomic mass is 9.88. The number of nitrogens with zero attached hydrogens (tertiary/aromatic N) is 3. The number of amides is 1. The van der Waals surface area contributed by atoms with Gasteiger partial charge in [0, 0.05) is 17.2 Å².